The Morgan fingerprint density at radius 1 is 0.806 bits per heavy atom. The van der Waals surface area contributed by atoms with Gasteiger partial charge in [-0.1, -0.05) is 49.8 Å². The van der Waals surface area contributed by atoms with Gasteiger partial charge in [-0.15, -0.1) is 0 Å². The maximum absolute atomic E-state index is 12.3. The van der Waals surface area contributed by atoms with Gasteiger partial charge >= 0.3 is 20.1 Å². The summed E-state index contributed by atoms with van der Waals surface area (Å²) in [4.78, 5) is 28.5. The van der Waals surface area contributed by atoms with E-state index in [1.165, 1.54) is 24.8 Å². The molecule has 0 atom stereocenters. The number of carbonyl (C=O) groups is 2. The number of hydrogen-bond acceptors (Lipinski definition) is 4. The molecule has 1 aliphatic carbocycles. The molecule has 4 nitrogen and oxygen atoms in total. The van der Waals surface area contributed by atoms with E-state index in [0.29, 0.717) is 0 Å². The molecule has 0 N–H and O–H groups in total. The van der Waals surface area contributed by atoms with Gasteiger partial charge < -0.3 is 59.4 Å². The smallest absolute Gasteiger partial charge is 1.00 e. The minimum atomic E-state index is -1.27. The van der Waals surface area contributed by atoms with Gasteiger partial charge in [0.25, 0.3) is 0 Å². The van der Waals surface area contributed by atoms with E-state index < -0.39 is 5.66 Å². The van der Waals surface area contributed by atoms with E-state index in [9.17, 15) is 9.59 Å². The van der Waals surface area contributed by atoms with E-state index in [1.807, 2.05) is 36.0 Å². The van der Waals surface area contributed by atoms with E-state index >= 15 is 0 Å². The number of aryl methyl sites for hydroxylation is 3. The summed E-state index contributed by atoms with van der Waals surface area (Å²) in [5.41, 5.74) is 3.04. The van der Waals surface area contributed by atoms with Crippen molar-refractivity contribution in [3.05, 3.63) is 41.2 Å². The van der Waals surface area contributed by atoms with Gasteiger partial charge in [0.05, 0.1) is 0 Å². The zero-order valence-corrected chi connectivity index (χ0v) is 23.5. The molecule has 177 valence electrons. The van der Waals surface area contributed by atoms with Gasteiger partial charge in [-0.3, -0.25) is 9.59 Å². The van der Waals surface area contributed by atoms with Crippen LogP contribution in [0.1, 0.15) is 61.6 Å². The van der Waals surface area contributed by atoms with Crippen LogP contribution in [0.2, 0.25) is 0 Å². The van der Waals surface area contributed by atoms with E-state index in [-0.39, 0.29) is 75.8 Å². The minimum absolute atomic E-state index is 0. The summed E-state index contributed by atoms with van der Waals surface area (Å²) in [5.74, 6) is 0. The molecule has 1 heterocycles. The molecule has 1 radical (unpaired) electrons. The zero-order valence-electron chi connectivity index (χ0n) is 18.0. The fourth-order valence-corrected chi connectivity index (χ4v) is 4.70. The van der Waals surface area contributed by atoms with E-state index in [0.717, 1.165) is 55.1 Å². The largest absolute Gasteiger partial charge is 4.00 e. The molecule has 0 saturated heterocycles. The molecule has 1 fully saturated rings. The van der Waals surface area contributed by atoms with Crippen LogP contribution in [0.4, 0.5) is 5.69 Å². The molecule has 0 unspecified atom stereocenters. The first kappa shape index (κ1) is 35.3. The van der Waals surface area contributed by atoms with Crippen molar-refractivity contribution in [2.45, 2.75) is 77.4 Å². The Balaban J connectivity index is -0.00000157. The molecule has 0 spiro atoms. The zero-order chi connectivity index (χ0) is 18.7. The van der Waals surface area contributed by atoms with Crippen LogP contribution in [-0.2, 0) is 29.7 Å². The number of anilines is 1. The molecule has 0 aromatic heterocycles. The number of aldehydes is 2. The predicted molar refractivity (Wildman–Crippen MR) is 105 cm³/mol. The first-order valence-corrected chi connectivity index (χ1v) is 9.80. The molecular formula is C22H30Cl4IrN2O2. The molecule has 3 rings (SSSR count). The fourth-order valence-electron chi connectivity index (χ4n) is 4.70. The maximum atomic E-state index is 12.3. The van der Waals surface area contributed by atoms with Crippen molar-refractivity contribution in [3.63, 3.8) is 0 Å². The summed E-state index contributed by atoms with van der Waals surface area (Å²) in [6.45, 7) is 6.15. The van der Waals surface area contributed by atoms with Crippen molar-refractivity contribution < 1.29 is 79.3 Å². The van der Waals surface area contributed by atoms with Crippen molar-refractivity contribution in [3.8, 4) is 0 Å². The van der Waals surface area contributed by atoms with Crippen molar-refractivity contribution in [2.24, 2.45) is 0 Å². The molecule has 1 aromatic carbocycles. The Hall–Kier alpha value is -0.291. The second kappa shape index (κ2) is 15.5. The summed E-state index contributed by atoms with van der Waals surface area (Å²) in [6, 6.07) is 4.45. The topological polar surface area (TPSA) is 40.6 Å². The summed E-state index contributed by atoms with van der Waals surface area (Å²) >= 11 is 0. The summed E-state index contributed by atoms with van der Waals surface area (Å²) in [5, 5.41) is 0. The molecule has 2 aliphatic rings. The monoisotopic (exact) mass is 687 g/mol. The third-order valence-corrected chi connectivity index (χ3v) is 5.87. The summed E-state index contributed by atoms with van der Waals surface area (Å²) in [7, 11) is 0. The predicted octanol–water partition coefficient (Wildman–Crippen LogP) is -7.57. The fraction of sp³-hybridized carbons (Fsp3) is 0.545. The SMILES string of the molecule is Cc1cc(C)c(N2C=CN(C3CCCCCCC3)C2(C=O)C=O)c(C)c1.[Cl-].[Cl-].[Cl-].[Cl-].[Ir+4]. The van der Waals surface area contributed by atoms with Gasteiger partial charge in [0.2, 0.25) is 5.66 Å². The maximum Gasteiger partial charge on any atom is 4.00 e. The van der Waals surface area contributed by atoms with Crippen molar-refractivity contribution in [2.75, 3.05) is 4.90 Å². The number of benzene rings is 1. The molecule has 1 aliphatic heterocycles. The molecule has 9 heteroatoms. The quantitative estimate of drug-likeness (QED) is 0.233. The van der Waals surface area contributed by atoms with Crippen LogP contribution >= 0.6 is 0 Å². The van der Waals surface area contributed by atoms with Crippen LogP contribution in [0, 0.1) is 20.8 Å². The minimum Gasteiger partial charge on any atom is -1.00 e. The van der Waals surface area contributed by atoms with Crippen LogP contribution in [0.5, 0.6) is 0 Å². The molecule has 31 heavy (non-hydrogen) atoms. The van der Waals surface area contributed by atoms with Crippen LogP contribution in [-0.4, -0.2) is 29.2 Å². The molecule has 0 amide bonds. The van der Waals surface area contributed by atoms with Gasteiger partial charge in [0.15, 0.2) is 12.6 Å². The third-order valence-electron chi connectivity index (χ3n) is 5.87. The van der Waals surface area contributed by atoms with Crippen molar-refractivity contribution in [1.29, 1.82) is 0 Å². The van der Waals surface area contributed by atoms with Crippen LogP contribution in [0.25, 0.3) is 0 Å². The second-order valence-electron chi connectivity index (χ2n) is 7.84. The molecule has 1 saturated carbocycles. The number of rotatable bonds is 4. The third kappa shape index (κ3) is 7.09. The van der Waals surface area contributed by atoms with E-state index in [2.05, 4.69) is 19.1 Å². The average Bonchev–Trinajstić information content (AvgIpc) is 2.93. The number of halogens is 4. The Labute approximate surface area is 225 Å². The molecule has 1 aromatic rings. The van der Waals surface area contributed by atoms with E-state index in [1.54, 1.807) is 0 Å². The van der Waals surface area contributed by atoms with Crippen LogP contribution in [0.15, 0.2) is 24.5 Å². The molecule has 0 bridgehead atoms. The summed E-state index contributed by atoms with van der Waals surface area (Å²) in [6.07, 6.45) is 13.7. The van der Waals surface area contributed by atoms with E-state index in [4.69, 9.17) is 0 Å². The Kier molecular flexibility index (Phi) is 17.7. The first-order chi connectivity index (χ1) is 12.5. The summed E-state index contributed by atoms with van der Waals surface area (Å²) < 4.78 is 0. The van der Waals surface area contributed by atoms with Crippen molar-refractivity contribution in [1.82, 2.24) is 4.90 Å². The van der Waals surface area contributed by atoms with Gasteiger partial charge in [-0.05, 0) is 44.7 Å². The van der Waals surface area contributed by atoms with Gasteiger partial charge in [-0.2, -0.15) is 0 Å². The van der Waals surface area contributed by atoms with Gasteiger partial charge in [-0.25, -0.2) is 0 Å². The Morgan fingerprint density at radius 2 is 1.26 bits per heavy atom. The normalized spacial score (nSPS) is 17.4. The average molecular weight is 689 g/mol. The number of carbonyl (C=O) groups excluding carboxylic acids is 2. The second-order valence-corrected chi connectivity index (χ2v) is 7.84. The first-order valence-electron chi connectivity index (χ1n) is 9.80. The van der Waals surface area contributed by atoms with Crippen molar-refractivity contribution >= 4 is 18.3 Å². The Bertz CT molecular complexity index is 694. The van der Waals surface area contributed by atoms with Crippen LogP contribution < -0.4 is 54.5 Å². The van der Waals surface area contributed by atoms with Gasteiger partial charge in [0.1, 0.15) is 0 Å². The van der Waals surface area contributed by atoms with Gasteiger partial charge in [0, 0.05) is 24.1 Å². The number of nitrogens with zero attached hydrogens (tertiary/aromatic N) is 2. The Morgan fingerprint density at radius 3 is 1.71 bits per heavy atom. The number of hydrogen-bond donors (Lipinski definition) is 0. The molecular weight excluding hydrogens is 658 g/mol. The standard InChI is InChI=1S/C22H30N2O2.4ClH.Ir/c1-17-13-18(2)21(19(3)14-17)24-12-11-23(22(24,15-25)16-26)20-9-7-5-4-6-8-10-20;;;;;/h11-16,20H,4-10H2,1-3H3;4*1H;/q;;;;;+4/p-4. The van der Waals surface area contributed by atoms with Crippen LogP contribution in [0.3, 0.4) is 0 Å².